The molecule has 0 saturated heterocycles. The van der Waals surface area contributed by atoms with Gasteiger partial charge in [0.2, 0.25) is 0 Å². The van der Waals surface area contributed by atoms with Crippen molar-refractivity contribution in [1.29, 1.82) is 0 Å². The summed E-state index contributed by atoms with van der Waals surface area (Å²) in [4.78, 5) is 12.0. The van der Waals surface area contributed by atoms with Gasteiger partial charge in [0.05, 0.1) is 12.0 Å². The van der Waals surface area contributed by atoms with Gasteiger partial charge in [-0.15, -0.1) is 16.8 Å². The van der Waals surface area contributed by atoms with E-state index in [0.29, 0.717) is 12.0 Å². The summed E-state index contributed by atoms with van der Waals surface area (Å²) in [6.07, 6.45) is 3.81. The quantitative estimate of drug-likeness (QED) is 0.202. The summed E-state index contributed by atoms with van der Waals surface area (Å²) >= 11 is 4.42. The average Bonchev–Trinajstić information content (AvgIpc) is 3.21. The molecule has 0 aliphatic heterocycles. The van der Waals surface area contributed by atoms with Crippen LogP contribution in [0.1, 0.15) is 16.7 Å². The van der Waals surface area contributed by atoms with E-state index in [2.05, 4.69) is 39.4 Å². The minimum Gasteiger partial charge on any atom is -0.508 e. The normalized spacial score (nSPS) is 10.9. The maximum Gasteiger partial charge on any atom is 0.250 e. The summed E-state index contributed by atoms with van der Waals surface area (Å²) in [5.74, 6) is 0.966. The molecule has 9 heteroatoms. The van der Waals surface area contributed by atoms with Crippen LogP contribution in [-0.2, 0) is 17.0 Å². The zero-order chi connectivity index (χ0) is 21.2. The highest BCUT2D eigenvalue weighted by Gasteiger charge is 2.08. The largest absolute Gasteiger partial charge is 0.508 e. The molecule has 0 fully saturated rings. The zero-order valence-electron chi connectivity index (χ0n) is 16.0. The Bertz CT molecular complexity index is 1020. The molecule has 3 aromatic rings. The van der Waals surface area contributed by atoms with Crippen molar-refractivity contribution in [2.24, 2.45) is 5.10 Å². The molecule has 0 atom stereocenters. The van der Waals surface area contributed by atoms with Crippen LogP contribution in [0.2, 0.25) is 0 Å². The lowest BCUT2D eigenvalue weighted by molar-refractivity contribution is -0.118. The summed E-state index contributed by atoms with van der Waals surface area (Å²) in [6, 6.07) is 15.4. The first-order valence-corrected chi connectivity index (χ1v) is 11.8. The van der Waals surface area contributed by atoms with Crippen LogP contribution < -0.4 is 5.43 Å². The number of nitrogens with one attached hydrogen (secondary N) is 1. The van der Waals surface area contributed by atoms with E-state index in [0.717, 1.165) is 20.0 Å². The molecule has 154 valence electrons. The maximum atomic E-state index is 12.0. The fourth-order valence-electron chi connectivity index (χ4n) is 2.36. The van der Waals surface area contributed by atoms with Crippen LogP contribution >= 0.6 is 34.9 Å². The fraction of sp³-hybridized carbons (Fsp3) is 0.143. The third-order valence-corrected chi connectivity index (χ3v) is 7.06. The molecule has 30 heavy (non-hydrogen) atoms. The first-order valence-electron chi connectivity index (χ1n) is 9.02. The van der Waals surface area contributed by atoms with Crippen molar-refractivity contribution in [2.75, 3.05) is 5.75 Å². The molecule has 0 aliphatic rings. The molecule has 0 radical (unpaired) electrons. The SMILES string of the molecule is C=CCc1ccc(/C=N\NC(=O)CSc2nnc(SCc3ccccc3)s2)cc1O. The van der Waals surface area contributed by atoms with Gasteiger partial charge in [-0.05, 0) is 29.2 Å². The lowest BCUT2D eigenvalue weighted by atomic mass is 10.1. The number of amides is 1. The van der Waals surface area contributed by atoms with Crippen LogP contribution in [0.3, 0.4) is 0 Å². The van der Waals surface area contributed by atoms with E-state index in [4.69, 9.17) is 0 Å². The lowest BCUT2D eigenvalue weighted by Crippen LogP contribution is -2.19. The molecular formula is C21H20N4O2S3. The van der Waals surface area contributed by atoms with Gasteiger partial charge in [0, 0.05) is 5.75 Å². The molecule has 1 heterocycles. The first kappa shape index (κ1) is 22.1. The van der Waals surface area contributed by atoms with Gasteiger partial charge in [0.1, 0.15) is 5.75 Å². The van der Waals surface area contributed by atoms with Crippen LogP contribution in [0, 0.1) is 0 Å². The number of phenols is 1. The number of phenolic OH excluding ortho intramolecular Hbond substituents is 1. The number of hydrogen-bond acceptors (Lipinski definition) is 8. The number of carbonyl (C=O) groups excluding carboxylic acids is 1. The average molecular weight is 457 g/mol. The van der Waals surface area contributed by atoms with Crippen molar-refractivity contribution in [1.82, 2.24) is 15.6 Å². The smallest absolute Gasteiger partial charge is 0.250 e. The Morgan fingerprint density at radius 2 is 1.93 bits per heavy atom. The van der Waals surface area contributed by atoms with Crippen LogP contribution in [0.4, 0.5) is 0 Å². The fourth-order valence-corrected chi connectivity index (χ4v) is 5.13. The highest BCUT2D eigenvalue weighted by molar-refractivity contribution is 8.03. The summed E-state index contributed by atoms with van der Waals surface area (Å²) in [5, 5.41) is 22.1. The Kier molecular flexibility index (Phi) is 8.49. The zero-order valence-corrected chi connectivity index (χ0v) is 18.5. The van der Waals surface area contributed by atoms with Crippen LogP contribution in [0.25, 0.3) is 0 Å². The third-order valence-electron chi connectivity index (χ3n) is 3.80. The van der Waals surface area contributed by atoms with Crippen molar-refractivity contribution >= 4 is 47.0 Å². The number of thioether (sulfide) groups is 2. The van der Waals surface area contributed by atoms with Crippen molar-refractivity contribution in [3.63, 3.8) is 0 Å². The van der Waals surface area contributed by atoms with Crippen molar-refractivity contribution in [3.05, 3.63) is 77.9 Å². The molecule has 0 aliphatic carbocycles. The van der Waals surface area contributed by atoms with Gasteiger partial charge in [0.25, 0.3) is 5.91 Å². The van der Waals surface area contributed by atoms with E-state index in [1.54, 1.807) is 30.0 Å². The number of benzene rings is 2. The minimum atomic E-state index is -0.238. The standard InChI is InChI=1S/C21H20N4O2S3/c1-2-6-17-10-9-16(11-18(17)26)12-22-23-19(27)14-29-21-25-24-20(30-21)28-13-15-7-4-3-5-8-15/h2-5,7-12,26H,1,6,13-14H2,(H,23,27)/b22-12-. The highest BCUT2D eigenvalue weighted by atomic mass is 32.2. The number of allylic oxidation sites excluding steroid dienone is 1. The Labute approximate surface area is 187 Å². The predicted octanol–water partition coefficient (Wildman–Crippen LogP) is 4.51. The molecule has 0 saturated carbocycles. The Morgan fingerprint density at radius 3 is 2.67 bits per heavy atom. The van der Waals surface area contributed by atoms with Crippen LogP contribution in [0.5, 0.6) is 5.75 Å². The van der Waals surface area contributed by atoms with Crippen molar-refractivity contribution in [2.45, 2.75) is 20.9 Å². The summed E-state index contributed by atoms with van der Waals surface area (Å²) in [6.45, 7) is 3.66. The van der Waals surface area contributed by atoms with Gasteiger partial charge in [-0.3, -0.25) is 4.79 Å². The first-order chi connectivity index (χ1) is 14.6. The number of hydrazone groups is 1. The molecule has 6 nitrogen and oxygen atoms in total. The van der Waals surface area contributed by atoms with E-state index in [-0.39, 0.29) is 17.4 Å². The number of hydrogen-bond donors (Lipinski definition) is 2. The molecule has 2 N–H and O–H groups in total. The third kappa shape index (κ3) is 7.01. The molecule has 2 aromatic carbocycles. The minimum absolute atomic E-state index is 0.179. The topological polar surface area (TPSA) is 87.5 Å². The molecular weight excluding hydrogens is 436 g/mol. The summed E-state index contributed by atoms with van der Waals surface area (Å²) < 4.78 is 1.62. The second kappa shape index (κ2) is 11.5. The Hall–Kier alpha value is -2.62. The second-order valence-electron chi connectivity index (χ2n) is 6.07. The molecule has 1 amide bonds. The van der Waals surface area contributed by atoms with Crippen molar-refractivity contribution < 1.29 is 9.90 Å². The van der Waals surface area contributed by atoms with Crippen LogP contribution in [0.15, 0.2) is 75.0 Å². The number of aromatic hydroxyl groups is 1. The molecule has 0 unspecified atom stereocenters. The van der Waals surface area contributed by atoms with Gasteiger partial charge < -0.3 is 5.11 Å². The van der Waals surface area contributed by atoms with Gasteiger partial charge in [-0.25, -0.2) is 5.43 Å². The molecule has 1 aromatic heterocycles. The van der Waals surface area contributed by atoms with E-state index < -0.39 is 0 Å². The van der Waals surface area contributed by atoms with Gasteiger partial charge in [-0.1, -0.05) is 83.4 Å². The molecule has 3 rings (SSSR count). The lowest BCUT2D eigenvalue weighted by Gasteiger charge is -2.02. The summed E-state index contributed by atoms with van der Waals surface area (Å²) in [7, 11) is 0. The maximum absolute atomic E-state index is 12.0. The van der Waals surface area contributed by atoms with E-state index in [1.165, 1.54) is 34.9 Å². The van der Waals surface area contributed by atoms with Crippen molar-refractivity contribution in [3.8, 4) is 5.75 Å². The Morgan fingerprint density at radius 1 is 1.17 bits per heavy atom. The van der Waals surface area contributed by atoms with E-state index >= 15 is 0 Å². The highest BCUT2D eigenvalue weighted by Crippen LogP contribution is 2.30. The Balaban J connectivity index is 1.41. The number of nitrogens with zero attached hydrogens (tertiary/aromatic N) is 3. The summed E-state index contributed by atoms with van der Waals surface area (Å²) in [5.41, 5.74) is 5.19. The van der Waals surface area contributed by atoms with E-state index in [9.17, 15) is 9.90 Å². The number of carbonyl (C=O) groups is 1. The monoisotopic (exact) mass is 456 g/mol. The van der Waals surface area contributed by atoms with Gasteiger partial charge >= 0.3 is 0 Å². The van der Waals surface area contributed by atoms with Gasteiger partial charge in [-0.2, -0.15) is 5.10 Å². The van der Waals surface area contributed by atoms with Gasteiger partial charge in [0.15, 0.2) is 8.68 Å². The number of aromatic nitrogens is 2. The predicted molar refractivity (Wildman–Crippen MR) is 124 cm³/mol. The second-order valence-corrected chi connectivity index (χ2v) is 9.49. The van der Waals surface area contributed by atoms with E-state index in [1.807, 2.05) is 24.3 Å². The number of rotatable bonds is 10. The van der Waals surface area contributed by atoms with Crippen LogP contribution in [-0.4, -0.2) is 33.2 Å². The molecule has 0 bridgehead atoms. The molecule has 0 spiro atoms.